The lowest BCUT2D eigenvalue weighted by Gasteiger charge is -2.39. The van der Waals surface area contributed by atoms with Crippen molar-refractivity contribution in [3.63, 3.8) is 0 Å². The van der Waals surface area contributed by atoms with Gasteiger partial charge >= 0.3 is 5.69 Å². The van der Waals surface area contributed by atoms with Crippen LogP contribution in [0.25, 0.3) is 0 Å². The van der Waals surface area contributed by atoms with Gasteiger partial charge in [0.25, 0.3) is 11.8 Å². The van der Waals surface area contributed by atoms with Crippen LogP contribution in [0.5, 0.6) is 5.88 Å². The number of carbonyl (C=O) groups excluding carboxylic acids is 1. The molecular formula is C22H31FN4O4. The van der Waals surface area contributed by atoms with Crippen LogP contribution in [-0.2, 0) is 9.53 Å². The Bertz CT molecular complexity index is 850. The average Bonchev–Trinajstić information content (AvgIpc) is 3.00. The van der Waals surface area contributed by atoms with Gasteiger partial charge in [-0.15, -0.1) is 0 Å². The summed E-state index contributed by atoms with van der Waals surface area (Å²) in [4.78, 5) is 32.3. The molecule has 5 rings (SSSR count). The van der Waals surface area contributed by atoms with Crippen LogP contribution in [-0.4, -0.2) is 54.3 Å². The van der Waals surface area contributed by atoms with E-state index in [0.717, 1.165) is 24.7 Å². The molecule has 1 aromatic heterocycles. The SMILES string of the molecule is O=C(COc1nc(=O)[nH]c(N2C3CCC2COC3)c1F)NCC1CC2CCCC(C2)C1. The Labute approximate surface area is 180 Å². The number of morpholine rings is 1. The molecule has 4 aliphatic rings. The van der Waals surface area contributed by atoms with Crippen LogP contribution in [0.3, 0.4) is 0 Å². The van der Waals surface area contributed by atoms with E-state index >= 15 is 4.39 Å². The summed E-state index contributed by atoms with van der Waals surface area (Å²) in [5, 5.41) is 2.92. The average molecular weight is 435 g/mol. The highest BCUT2D eigenvalue weighted by molar-refractivity contribution is 5.77. The molecule has 4 fully saturated rings. The highest BCUT2D eigenvalue weighted by Crippen LogP contribution is 2.42. The molecule has 2 saturated heterocycles. The fourth-order valence-corrected chi connectivity index (χ4v) is 6.17. The Morgan fingerprint density at radius 1 is 1.16 bits per heavy atom. The molecule has 1 amide bonds. The van der Waals surface area contributed by atoms with Gasteiger partial charge in [0, 0.05) is 6.54 Å². The van der Waals surface area contributed by atoms with Crippen molar-refractivity contribution in [2.75, 3.05) is 31.3 Å². The van der Waals surface area contributed by atoms with E-state index in [1.165, 1.54) is 38.5 Å². The van der Waals surface area contributed by atoms with Crippen LogP contribution in [0.2, 0.25) is 0 Å². The Balaban J connectivity index is 1.18. The third-order valence-corrected chi connectivity index (χ3v) is 7.48. The number of aromatic nitrogens is 2. The number of anilines is 1. The van der Waals surface area contributed by atoms with Gasteiger partial charge in [0.1, 0.15) is 0 Å². The lowest BCUT2D eigenvalue weighted by Crippen LogP contribution is -2.47. The molecule has 170 valence electrons. The minimum Gasteiger partial charge on any atom is -0.465 e. The Morgan fingerprint density at radius 2 is 1.87 bits per heavy atom. The molecule has 8 nitrogen and oxygen atoms in total. The van der Waals surface area contributed by atoms with Crippen LogP contribution in [0, 0.1) is 23.6 Å². The minimum absolute atomic E-state index is 0.0254. The molecule has 2 N–H and O–H groups in total. The molecular weight excluding hydrogens is 403 g/mol. The van der Waals surface area contributed by atoms with E-state index in [1.54, 1.807) is 0 Å². The van der Waals surface area contributed by atoms with Gasteiger partial charge in [0.2, 0.25) is 5.82 Å². The predicted octanol–water partition coefficient (Wildman–Crippen LogP) is 1.99. The summed E-state index contributed by atoms with van der Waals surface area (Å²) < 4.78 is 26.0. The number of nitrogens with zero attached hydrogens (tertiary/aromatic N) is 2. The van der Waals surface area contributed by atoms with Crippen LogP contribution in [0.4, 0.5) is 10.2 Å². The number of halogens is 1. The third-order valence-electron chi connectivity index (χ3n) is 7.48. The van der Waals surface area contributed by atoms with Crippen molar-refractivity contribution in [2.24, 2.45) is 17.8 Å². The number of fused-ring (bicyclic) bond motifs is 4. The second kappa shape index (κ2) is 8.76. The molecule has 4 unspecified atom stereocenters. The first-order chi connectivity index (χ1) is 15.1. The van der Waals surface area contributed by atoms with Crippen LogP contribution in [0.15, 0.2) is 4.79 Å². The number of nitrogens with one attached hydrogen (secondary N) is 2. The standard InChI is InChI=1S/C22H31FN4O4/c23-19-20(27-16-4-5-17(27)11-30-10-16)25-22(29)26-21(19)31-12-18(28)24-9-15-7-13-2-1-3-14(6-13)8-15/h13-17H,1-12H2,(H,24,28)(H,25,26,29). The van der Waals surface area contributed by atoms with Crippen molar-refractivity contribution in [3.05, 3.63) is 16.3 Å². The zero-order chi connectivity index (χ0) is 21.4. The maximum absolute atomic E-state index is 15.1. The van der Waals surface area contributed by atoms with E-state index in [4.69, 9.17) is 9.47 Å². The number of H-pyrrole nitrogens is 1. The molecule has 2 aliphatic carbocycles. The normalized spacial score (nSPS) is 32.0. The maximum atomic E-state index is 15.1. The number of aromatic amines is 1. The maximum Gasteiger partial charge on any atom is 0.349 e. The van der Waals surface area contributed by atoms with Crippen molar-refractivity contribution in [1.82, 2.24) is 15.3 Å². The second-order valence-electron chi connectivity index (χ2n) is 9.67. The lowest BCUT2D eigenvalue weighted by atomic mass is 9.68. The number of amides is 1. The molecule has 0 aromatic carbocycles. The minimum atomic E-state index is -0.730. The van der Waals surface area contributed by atoms with Crippen LogP contribution < -0.4 is 20.6 Å². The van der Waals surface area contributed by atoms with Gasteiger partial charge in [0.15, 0.2) is 12.4 Å². The van der Waals surface area contributed by atoms with Crippen molar-refractivity contribution < 1.29 is 18.7 Å². The van der Waals surface area contributed by atoms with Gasteiger partial charge in [-0.1, -0.05) is 19.3 Å². The van der Waals surface area contributed by atoms with Gasteiger partial charge in [-0.05, 0) is 49.9 Å². The first-order valence-corrected chi connectivity index (χ1v) is 11.6. The molecule has 3 heterocycles. The van der Waals surface area contributed by atoms with Gasteiger partial charge in [-0.25, -0.2) is 4.79 Å². The lowest BCUT2D eigenvalue weighted by molar-refractivity contribution is -0.123. The van der Waals surface area contributed by atoms with Crippen molar-refractivity contribution in [1.29, 1.82) is 0 Å². The summed E-state index contributed by atoms with van der Waals surface area (Å²) in [5.41, 5.74) is -0.688. The topological polar surface area (TPSA) is 96.5 Å². The number of hydrogen-bond acceptors (Lipinski definition) is 6. The summed E-state index contributed by atoms with van der Waals surface area (Å²) in [5.74, 6) is 0.720. The van der Waals surface area contributed by atoms with Gasteiger partial charge in [-0.2, -0.15) is 9.37 Å². The highest BCUT2D eigenvalue weighted by atomic mass is 19.1. The summed E-state index contributed by atoms with van der Waals surface area (Å²) in [6, 6.07) is 0.0508. The monoisotopic (exact) mass is 434 g/mol. The molecule has 0 spiro atoms. The summed E-state index contributed by atoms with van der Waals surface area (Å²) in [6.45, 7) is 1.27. The van der Waals surface area contributed by atoms with Crippen molar-refractivity contribution >= 4 is 11.7 Å². The van der Waals surface area contributed by atoms with Crippen molar-refractivity contribution in [2.45, 2.75) is 63.5 Å². The second-order valence-corrected chi connectivity index (χ2v) is 9.67. The molecule has 1 aromatic rings. The van der Waals surface area contributed by atoms with E-state index < -0.39 is 17.4 Å². The van der Waals surface area contributed by atoms with Gasteiger partial charge in [0.05, 0.1) is 25.3 Å². The van der Waals surface area contributed by atoms with Crippen LogP contribution in [0.1, 0.15) is 51.4 Å². The quantitative estimate of drug-likeness (QED) is 0.711. The zero-order valence-electron chi connectivity index (χ0n) is 17.8. The number of hydrogen-bond donors (Lipinski definition) is 2. The Kier molecular flexibility index (Phi) is 5.86. The van der Waals surface area contributed by atoms with E-state index in [0.29, 0.717) is 25.7 Å². The van der Waals surface area contributed by atoms with Gasteiger partial charge in [-0.3, -0.25) is 9.78 Å². The smallest absolute Gasteiger partial charge is 0.349 e. The van der Waals surface area contributed by atoms with E-state index in [2.05, 4.69) is 15.3 Å². The number of ether oxygens (including phenoxy) is 2. The van der Waals surface area contributed by atoms with Gasteiger partial charge < -0.3 is 19.7 Å². The summed E-state index contributed by atoms with van der Waals surface area (Å²) in [6.07, 6.45) is 9.42. The number of carbonyl (C=O) groups is 1. The predicted molar refractivity (Wildman–Crippen MR) is 112 cm³/mol. The molecule has 2 aliphatic heterocycles. The fourth-order valence-electron chi connectivity index (χ4n) is 6.17. The molecule has 9 heteroatoms. The zero-order valence-corrected chi connectivity index (χ0v) is 17.8. The summed E-state index contributed by atoms with van der Waals surface area (Å²) >= 11 is 0. The fraction of sp³-hybridized carbons (Fsp3) is 0.773. The van der Waals surface area contributed by atoms with Crippen molar-refractivity contribution in [3.8, 4) is 5.88 Å². The first kappa shape index (κ1) is 20.7. The molecule has 2 saturated carbocycles. The third kappa shape index (κ3) is 4.42. The molecule has 4 bridgehead atoms. The largest absolute Gasteiger partial charge is 0.465 e. The number of rotatable bonds is 6. The van der Waals surface area contributed by atoms with E-state index in [1.807, 2.05) is 4.90 Å². The summed E-state index contributed by atoms with van der Waals surface area (Å²) in [7, 11) is 0. The molecule has 4 atom stereocenters. The first-order valence-electron chi connectivity index (χ1n) is 11.6. The van der Waals surface area contributed by atoms with Crippen LogP contribution >= 0.6 is 0 Å². The highest BCUT2D eigenvalue weighted by Gasteiger charge is 2.40. The van der Waals surface area contributed by atoms with E-state index in [-0.39, 0.29) is 30.4 Å². The Hall–Kier alpha value is -2.16. The molecule has 31 heavy (non-hydrogen) atoms. The molecule has 0 radical (unpaired) electrons. The Morgan fingerprint density at radius 3 is 2.58 bits per heavy atom. The van der Waals surface area contributed by atoms with E-state index in [9.17, 15) is 9.59 Å².